The summed E-state index contributed by atoms with van der Waals surface area (Å²) in [6.07, 6.45) is 0. The third-order valence-electron chi connectivity index (χ3n) is 4.45. The third-order valence-corrected chi connectivity index (χ3v) is 4.45. The molecule has 29 heavy (non-hydrogen) atoms. The number of benzene rings is 2. The van der Waals surface area contributed by atoms with Gasteiger partial charge in [0.2, 0.25) is 0 Å². The Labute approximate surface area is 171 Å². The van der Waals surface area contributed by atoms with E-state index in [0.29, 0.717) is 5.56 Å². The van der Waals surface area contributed by atoms with Crippen LogP contribution in [0.2, 0.25) is 0 Å². The molecule has 2 N–H and O–H groups in total. The lowest BCUT2D eigenvalue weighted by Crippen LogP contribution is -2.34. The largest absolute Gasteiger partial charge is 0.454 e. The van der Waals surface area contributed by atoms with Crippen molar-refractivity contribution in [2.75, 3.05) is 13.2 Å². The lowest BCUT2D eigenvalue weighted by Gasteiger charge is -2.19. The molecule has 0 aliphatic heterocycles. The fraction of sp³-hybridized carbons (Fsp3) is 0.348. The van der Waals surface area contributed by atoms with E-state index in [0.717, 1.165) is 11.1 Å². The molecule has 2 amide bonds. The van der Waals surface area contributed by atoms with Crippen LogP contribution in [0.15, 0.2) is 54.6 Å². The van der Waals surface area contributed by atoms with Crippen molar-refractivity contribution in [3.63, 3.8) is 0 Å². The van der Waals surface area contributed by atoms with Crippen molar-refractivity contribution >= 4 is 17.8 Å². The van der Waals surface area contributed by atoms with Crippen LogP contribution >= 0.6 is 0 Å². The number of amides is 2. The Morgan fingerprint density at radius 1 is 0.966 bits per heavy atom. The minimum Gasteiger partial charge on any atom is -0.454 e. The zero-order valence-electron chi connectivity index (χ0n) is 17.3. The number of ether oxygens (including phenoxy) is 1. The number of rotatable bonds is 7. The number of carbonyl (C=O) groups is 3. The monoisotopic (exact) mass is 396 g/mol. The highest BCUT2D eigenvalue weighted by Crippen LogP contribution is 2.22. The van der Waals surface area contributed by atoms with Gasteiger partial charge in [0, 0.05) is 5.56 Å². The van der Waals surface area contributed by atoms with E-state index in [4.69, 9.17) is 4.74 Å². The minimum absolute atomic E-state index is 0.00259. The number of nitrogens with one attached hydrogen (secondary N) is 2. The van der Waals surface area contributed by atoms with Crippen LogP contribution in [-0.2, 0) is 19.7 Å². The van der Waals surface area contributed by atoms with Crippen LogP contribution in [0.4, 0.5) is 0 Å². The van der Waals surface area contributed by atoms with Gasteiger partial charge in [0.15, 0.2) is 6.61 Å². The van der Waals surface area contributed by atoms with Crippen molar-refractivity contribution in [3.05, 3.63) is 71.3 Å². The topological polar surface area (TPSA) is 84.5 Å². The summed E-state index contributed by atoms with van der Waals surface area (Å²) in [7, 11) is 0. The Morgan fingerprint density at radius 3 is 2.17 bits per heavy atom. The average Bonchev–Trinajstić information content (AvgIpc) is 2.70. The molecule has 6 nitrogen and oxygen atoms in total. The van der Waals surface area contributed by atoms with Gasteiger partial charge in [-0.05, 0) is 35.6 Å². The maximum absolute atomic E-state index is 12.2. The Bertz CT molecular complexity index is 839. The molecule has 154 valence electrons. The number of carbonyl (C=O) groups excluding carboxylic acids is 3. The van der Waals surface area contributed by atoms with Crippen molar-refractivity contribution < 1.29 is 19.1 Å². The van der Waals surface area contributed by atoms with Gasteiger partial charge in [-0.3, -0.25) is 14.4 Å². The van der Waals surface area contributed by atoms with Crippen LogP contribution in [0.5, 0.6) is 0 Å². The minimum atomic E-state index is -0.674. The Morgan fingerprint density at radius 2 is 1.59 bits per heavy atom. The SMILES string of the molecule is CC(NC(=O)COC(=O)CNC(=O)c1ccc(C(C)(C)C)cc1)c1ccccc1. The summed E-state index contributed by atoms with van der Waals surface area (Å²) in [4.78, 5) is 35.9. The Hall–Kier alpha value is -3.15. The van der Waals surface area contributed by atoms with Crippen molar-refractivity contribution in [1.29, 1.82) is 0 Å². The molecule has 6 heteroatoms. The molecule has 0 aliphatic rings. The first-order chi connectivity index (χ1) is 13.7. The van der Waals surface area contributed by atoms with Gasteiger partial charge in [0.25, 0.3) is 11.8 Å². The summed E-state index contributed by atoms with van der Waals surface area (Å²) in [6, 6.07) is 16.5. The second-order valence-corrected chi connectivity index (χ2v) is 7.87. The molecule has 0 radical (unpaired) electrons. The van der Waals surface area contributed by atoms with Gasteiger partial charge < -0.3 is 15.4 Å². The molecule has 1 unspecified atom stereocenters. The van der Waals surface area contributed by atoms with Crippen LogP contribution in [0.3, 0.4) is 0 Å². The molecule has 0 heterocycles. The number of hydrogen-bond donors (Lipinski definition) is 2. The first-order valence-corrected chi connectivity index (χ1v) is 9.55. The van der Waals surface area contributed by atoms with Gasteiger partial charge in [0.1, 0.15) is 6.54 Å². The fourth-order valence-corrected chi connectivity index (χ4v) is 2.68. The lowest BCUT2D eigenvalue weighted by atomic mass is 9.87. The second-order valence-electron chi connectivity index (χ2n) is 7.87. The summed E-state index contributed by atoms with van der Waals surface area (Å²) < 4.78 is 4.92. The normalized spacial score (nSPS) is 12.0. The second kappa shape index (κ2) is 9.87. The van der Waals surface area contributed by atoms with Crippen molar-refractivity contribution in [2.24, 2.45) is 0 Å². The van der Waals surface area contributed by atoms with Crippen LogP contribution in [-0.4, -0.2) is 30.9 Å². The Balaban J connectivity index is 1.73. The lowest BCUT2D eigenvalue weighted by molar-refractivity contribution is -0.147. The van der Waals surface area contributed by atoms with Crippen molar-refractivity contribution in [2.45, 2.75) is 39.2 Å². The molecule has 0 saturated heterocycles. The molecule has 0 saturated carbocycles. The van der Waals surface area contributed by atoms with Crippen LogP contribution < -0.4 is 10.6 Å². The molecule has 0 spiro atoms. The number of hydrogen-bond acceptors (Lipinski definition) is 4. The predicted molar refractivity (Wildman–Crippen MR) is 111 cm³/mol. The summed E-state index contributed by atoms with van der Waals surface area (Å²) in [5.74, 6) is -1.45. The van der Waals surface area contributed by atoms with Gasteiger partial charge in [-0.25, -0.2) is 0 Å². The highest BCUT2D eigenvalue weighted by atomic mass is 16.5. The summed E-state index contributed by atoms with van der Waals surface area (Å²) >= 11 is 0. The zero-order valence-corrected chi connectivity index (χ0v) is 17.3. The zero-order chi connectivity index (χ0) is 21.4. The molecule has 0 fully saturated rings. The highest BCUT2D eigenvalue weighted by Gasteiger charge is 2.15. The molecule has 0 bridgehead atoms. The quantitative estimate of drug-likeness (QED) is 0.704. The van der Waals surface area contributed by atoms with E-state index in [9.17, 15) is 14.4 Å². The maximum Gasteiger partial charge on any atom is 0.325 e. The molecule has 0 aliphatic carbocycles. The first kappa shape index (κ1) is 22.1. The van der Waals surface area contributed by atoms with Crippen molar-refractivity contribution in [1.82, 2.24) is 10.6 Å². The molecule has 2 aromatic carbocycles. The van der Waals surface area contributed by atoms with Crippen molar-refractivity contribution in [3.8, 4) is 0 Å². The molecular formula is C23H28N2O4. The molecule has 1 atom stereocenters. The third kappa shape index (κ3) is 7.07. The highest BCUT2D eigenvalue weighted by molar-refractivity contribution is 5.96. The Kier molecular flexibility index (Phi) is 7.53. The summed E-state index contributed by atoms with van der Waals surface area (Å²) in [6.45, 7) is 7.42. The smallest absolute Gasteiger partial charge is 0.325 e. The van der Waals surface area contributed by atoms with Crippen LogP contribution in [0.1, 0.15) is 55.2 Å². The van der Waals surface area contributed by atoms with E-state index >= 15 is 0 Å². The van der Waals surface area contributed by atoms with E-state index in [-0.39, 0.29) is 23.9 Å². The van der Waals surface area contributed by atoms with Gasteiger partial charge in [-0.2, -0.15) is 0 Å². The molecule has 2 aromatic rings. The van der Waals surface area contributed by atoms with Crippen LogP contribution in [0, 0.1) is 0 Å². The first-order valence-electron chi connectivity index (χ1n) is 9.55. The van der Waals surface area contributed by atoms with Crippen LogP contribution in [0.25, 0.3) is 0 Å². The van der Waals surface area contributed by atoms with E-state index in [2.05, 4.69) is 31.4 Å². The van der Waals surface area contributed by atoms with Gasteiger partial charge in [-0.15, -0.1) is 0 Å². The summed E-state index contributed by atoms with van der Waals surface area (Å²) in [5, 5.41) is 5.26. The average molecular weight is 396 g/mol. The van der Waals surface area contributed by atoms with E-state index in [1.54, 1.807) is 12.1 Å². The summed E-state index contributed by atoms with van der Waals surface area (Å²) in [5.41, 5.74) is 2.53. The molecule has 0 aromatic heterocycles. The van der Waals surface area contributed by atoms with E-state index in [1.807, 2.05) is 49.4 Å². The molecular weight excluding hydrogens is 368 g/mol. The fourth-order valence-electron chi connectivity index (χ4n) is 2.68. The maximum atomic E-state index is 12.2. The van der Waals surface area contributed by atoms with Gasteiger partial charge in [0.05, 0.1) is 6.04 Å². The molecule has 2 rings (SSSR count). The predicted octanol–water partition coefficient (Wildman–Crippen LogP) is 3.13. The van der Waals surface area contributed by atoms with E-state index < -0.39 is 18.5 Å². The van der Waals surface area contributed by atoms with Gasteiger partial charge in [-0.1, -0.05) is 63.2 Å². The number of esters is 1. The van der Waals surface area contributed by atoms with E-state index in [1.165, 1.54) is 0 Å². The van der Waals surface area contributed by atoms with Gasteiger partial charge >= 0.3 is 5.97 Å². The standard InChI is InChI=1S/C23H28N2O4/c1-16(17-8-6-5-7-9-17)25-20(26)15-29-21(27)14-24-22(28)18-10-12-19(13-11-18)23(2,3)4/h5-13,16H,14-15H2,1-4H3,(H,24,28)(H,25,26).